The summed E-state index contributed by atoms with van der Waals surface area (Å²) < 4.78 is 17.1. The number of hydrogen-bond donors (Lipinski definition) is 0. The van der Waals surface area contributed by atoms with Crippen LogP contribution in [0.4, 0.5) is 5.69 Å². The highest BCUT2D eigenvalue weighted by atomic mass is 32.2. The molecule has 0 aromatic heterocycles. The molecule has 0 unspecified atom stereocenters. The van der Waals surface area contributed by atoms with Crippen molar-refractivity contribution in [3.05, 3.63) is 63.0 Å². The minimum atomic E-state index is -0.466. The Morgan fingerprint density at radius 1 is 1.13 bits per heavy atom. The highest BCUT2D eigenvalue weighted by Crippen LogP contribution is 2.34. The Balaban J connectivity index is 1.58. The molecule has 0 saturated carbocycles. The highest BCUT2D eigenvalue weighted by Gasteiger charge is 2.28. The van der Waals surface area contributed by atoms with Crippen LogP contribution in [0.1, 0.15) is 5.56 Å². The lowest BCUT2D eigenvalue weighted by molar-refractivity contribution is -0.384. The second-order valence-corrected chi connectivity index (χ2v) is 7.77. The molecule has 8 nitrogen and oxygen atoms in total. The van der Waals surface area contributed by atoms with E-state index in [2.05, 4.69) is 0 Å². The number of thiocarbonyl (C=S) groups is 1. The Hall–Kier alpha value is -3.11. The number of thioether (sulfide) groups is 1. The lowest BCUT2D eigenvalue weighted by Crippen LogP contribution is -2.22. The van der Waals surface area contributed by atoms with Gasteiger partial charge in [0, 0.05) is 19.2 Å². The number of nitro groups is 1. The molecule has 2 aromatic carbocycles. The van der Waals surface area contributed by atoms with Gasteiger partial charge in [0.2, 0.25) is 0 Å². The minimum absolute atomic E-state index is 0.00423. The number of benzene rings is 2. The maximum atomic E-state index is 12.1. The molecule has 156 valence electrons. The van der Waals surface area contributed by atoms with Gasteiger partial charge in [0.25, 0.3) is 11.6 Å². The molecule has 0 atom stereocenters. The maximum absolute atomic E-state index is 12.1. The highest BCUT2D eigenvalue weighted by molar-refractivity contribution is 8.26. The fraction of sp³-hybridized carbons (Fsp3) is 0.200. The first-order valence-electron chi connectivity index (χ1n) is 8.78. The molecular formula is C20H18N2O6S2. The van der Waals surface area contributed by atoms with Crippen molar-refractivity contribution in [3.8, 4) is 17.2 Å². The Labute approximate surface area is 182 Å². The molecule has 0 aliphatic carbocycles. The molecule has 2 aromatic rings. The smallest absolute Gasteiger partial charge is 0.269 e. The normalized spacial score (nSPS) is 14.9. The van der Waals surface area contributed by atoms with Crippen molar-refractivity contribution in [3.63, 3.8) is 0 Å². The van der Waals surface area contributed by atoms with Crippen LogP contribution >= 0.6 is 24.0 Å². The van der Waals surface area contributed by atoms with Gasteiger partial charge in [-0.3, -0.25) is 19.8 Å². The average Bonchev–Trinajstić information content (AvgIpc) is 2.98. The largest absolute Gasteiger partial charge is 0.493 e. The van der Waals surface area contributed by atoms with Crippen molar-refractivity contribution in [2.75, 3.05) is 27.4 Å². The first-order chi connectivity index (χ1) is 14.4. The van der Waals surface area contributed by atoms with Crippen LogP contribution in [0.5, 0.6) is 17.2 Å². The van der Waals surface area contributed by atoms with Crippen LogP contribution in [0.15, 0.2) is 47.4 Å². The van der Waals surface area contributed by atoms with Gasteiger partial charge >= 0.3 is 0 Å². The van der Waals surface area contributed by atoms with Crippen LogP contribution in [0, 0.1) is 10.1 Å². The van der Waals surface area contributed by atoms with E-state index in [1.807, 2.05) is 6.07 Å². The van der Waals surface area contributed by atoms with Crippen LogP contribution in [0.3, 0.4) is 0 Å². The van der Waals surface area contributed by atoms with Crippen LogP contribution in [-0.2, 0) is 4.79 Å². The number of amides is 1. The van der Waals surface area contributed by atoms with Crippen molar-refractivity contribution in [1.29, 1.82) is 0 Å². The SMILES string of the molecule is COc1cc(/C=C2\SC(=S)N(C)C2=O)ccc1OCCOc1ccc([N+](=O)[O-])cc1. The molecule has 1 aliphatic heterocycles. The van der Waals surface area contributed by atoms with E-state index in [9.17, 15) is 14.9 Å². The zero-order valence-electron chi connectivity index (χ0n) is 16.2. The summed E-state index contributed by atoms with van der Waals surface area (Å²) in [4.78, 5) is 24.3. The van der Waals surface area contributed by atoms with E-state index < -0.39 is 4.92 Å². The zero-order chi connectivity index (χ0) is 21.7. The summed E-state index contributed by atoms with van der Waals surface area (Å²) in [5, 5.41) is 10.7. The van der Waals surface area contributed by atoms with Crippen molar-refractivity contribution < 1.29 is 23.9 Å². The molecule has 0 bridgehead atoms. The van der Waals surface area contributed by atoms with E-state index >= 15 is 0 Å². The second-order valence-electron chi connectivity index (χ2n) is 6.10. The number of ether oxygens (including phenoxy) is 3. The van der Waals surface area contributed by atoms with Gasteiger partial charge in [-0.1, -0.05) is 30.0 Å². The number of carbonyl (C=O) groups is 1. The van der Waals surface area contributed by atoms with Crippen LogP contribution in [0.25, 0.3) is 6.08 Å². The number of hydrogen-bond acceptors (Lipinski definition) is 8. The number of carbonyl (C=O) groups excluding carboxylic acids is 1. The third kappa shape index (κ3) is 5.08. The Bertz CT molecular complexity index is 1010. The van der Waals surface area contributed by atoms with E-state index in [1.54, 1.807) is 25.3 Å². The molecule has 10 heteroatoms. The van der Waals surface area contributed by atoms with Gasteiger partial charge in [-0.05, 0) is 35.9 Å². The standard InChI is InChI=1S/C20H18N2O6S2/c1-21-19(23)18(30-20(21)29)12-13-3-8-16(17(11-13)26-2)28-10-9-27-15-6-4-14(5-7-15)22(24)25/h3-8,11-12H,9-10H2,1-2H3/b18-12-. The topological polar surface area (TPSA) is 91.1 Å². The summed E-state index contributed by atoms with van der Waals surface area (Å²) in [6.07, 6.45) is 1.76. The zero-order valence-corrected chi connectivity index (χ0v) is 17.8. The average molecular weight is 447 g/mol. The number of nitro benzene ring substituents is 1. The van der Waals surface area contributed by atoms with Crippen molar-refractivity contribution in [2.45, 2.75) is 0 Å². The van der Waals surface area contributed by atoms with Crippen molar-refractivity contribution in [2.24, 2.45) is 0 Å². The van der Waals surface area contributed by atoms with Gasteiger partial charge in [-0.2, -0.15) is 0 Å². The summed E-state index contributed by atoms with van der Waals surface area (Å²) in [5.41, 5.74) is 0.792. The summed E-state index contributed by atoms with van der Waals surface area (Å²) in [6.45, 7) is 0.503. The van der Waals surface area contributed by atoms with E-state index in [-0.39, 0.29) is 24.8 Å². The van der Waals surface area contributed by atoms with E-state index in [0.29, 0.717) is 26.5 Å². The predicted octanol–water partition coefficient (Wildman–Crippen LogP) is 3.89. The fourth-order valence-corrected chi connectivity index (χ4v) is 3.74. The molecule has 3 rings (SSSR count). The van der Waals surface area contributed by atoms with Gasteiger partial charge in [-0.25, -0.2) is 0 Å². The lowest BCUT2D eigenvalue weighted by atomic mass is 10.2. The number of methoxy groups -OCH3 is 1. The number of likely N-dealkylation sites (N-methyl/N-ethyl adjacent to an activating group) is 1. The molecule has 1 heterocycles. The summed E-state index contributed by atoms with van der Waals surface area (Å²) in [6, 6.07) is 11.2. The van der Waals surface area contributed by atoms with E-state index in [1.165, 1.54) is 48.0 Å². The summed E-state index contributed by atoms with van der Waals surface area (Å²) in [7, 11) is 3.18. The number of rotatable bonds is 8. The maximum Gasteiger partial charge on any atom is 0.269 e. The van der Waals surface area contributed by atoms with Gasteiger partial charge < -0.3 is 14.2 Å². The molecular weight excluding hydrogens is 428 g/mol. The van der Waals surface area contributed by atoms with Gasteiger partial charge in [0.15, 0.2) is 11.5 Å². The van der Waals surface area contributed by atoms with Gasteiger partial charge in [-0.15, -0.1) is 0 Å². The molecule has 1 saturated heterocycles. The molecule has 0 spiro atoms. The predicted molar refractivity (Wildman–Crippen MR) is 118 cm³/mol. The molecule has 0 N–H and O–H groups in total. The first-order valence-corrected chi connectivity index (χ1v) is 10.0. The molecule has 1 fully saturated rings. The minimum Gasteiger partial charge on any atom is -0.493 e. The first kappa shape index (κ1) is 21.6. The van der Waals surface area contributed by atoms with Gasteiger partial charge in [0.05, 0.1) is 16.9 Å². The van der Waals surface area contributed by atoms with Crippen LogP contribution < -0.4 is 14.2 Å². The molecule has 1 amide bonds. The van der Waals surface area contributed by atoms with Crippen molar-refractivity contribution >= 4 is 46.0 Å². The number of nitrogens with zero attached hydrogens (tertiary/aromatic N) is 2. The summed E-state index contributed by atoms with van der Waals surface area (Å²) in [5.74, 6) is 1.43. The van der Waals surface area contributed by atoms with E-state index in [4.69, 9.17) is 26.4 Å². The fourth-order valence-electron chi connectivity index (χ4n) is 2.57. The third-order valence-corrected chi connectivity index (χ3v) is 5.61. The van der Waals surface area contributed by atoms with Crippen LogP contribution in [0.2, 0.25) is 0 Å². The summed E-state index contributed by atoms with van der Waals surface area (Å²) >= 11 is 6.39. The second kappa shape index (κ2) is 9.59. The Morgan fingerprint density at radius 2 is 1.83 bits per heavy atom. The number of non-ortho nitro benzene ring substituents is 1. The Morgan fingerprint density at radius 3 is 2.43 bits per heavy atom. The molecule has 1 aliphatic rings. The molecule has 0 radical (unpaired) electrons. The monoisotopic (exact) mass is 446 g/mol. The van der Waals surface area contributed by atoms with Gasteiger partial charge in [0.1, 0.15) is 23.3 Å². The Kier molecular flexibility index (Phi) is 6.91. The third-order valence-electron chi connectivity index (χ3n) is 4.13. The van der Waals surface area contributed by atoms with Crippen LogP contribution in [-0.4, -0.2) is 47.4 Å². The lowest BCUT2D eigenvalue weighted by Gasteiger charge is -2.12. The van der Waals surface area contributed by atoms with E-state index in [0.717, 1.165) is 5.56 Å². The van der Waals surface area contributed by atoms with Crippen molar-refractivity contribution in [1.82, 2.24) is 4.90 Å². The quantitative estimate of drug-likeness (QED) is 0.198. The molecule has 30 heavy (non-hydrogen) atoms.